The molecule has 1 saturated carbocycles. The molecule has 0 bridgehead atoms. The fraction of sp³-hybridized carbons (Fsp3) is 0.600. The molecule has 2 aliphatic rings. The van der Waals surface area contributed by atoms with Crippen LogP contribution in [0.3, 0.4) is 0 Å². The molecule has 3 rings (SSSR count). The molecule has 0 amide bonds. The Morgan fingerprint density at radius 3 is 3.12 bits per heavy atom. The van der Waals surface area contributed by atoms with Gasteiger partial charge in [-0.05, 0) is 48.5 Å². The summed E-state index contributed by atoms with van der Waals surface area (Å²) in [5.41, 5.74) is 4.60. The number of hydrogen-bond acceptors (Lipinski definition) is 2. The van der Waals surface area contributed by atoms with Crippen molar-refractivity contribution in [2.24, 2.45) is 5.92 Å². The molecule has 17 heavy (non-hydrogen) atoms. The van der Waals surface area contributed by atoms with E-state index in [9.17, 15) is 0 Å². The average Bonchev–Trinajstić information content (AvgIpc) is 3.19. The number of nitrogens with one attached hydrogen (secondary N) is 2. The SMILES string of the molecule is c1cc2c(c(CNCCC3CC3)c1)CCNC2. The Morgan fingerprint density at radius 1 is 1.29 bits per heavy atom. The summed E-state index contributed by atoms with van der Waals surface area (Å²) in [4.78, 5) is 0. The molecule has 0 unspecified atom stereocenters. The monoisotopic (exact) mass is 230 g/mol. The van der Waals surface area contributed by atoms with E-state index in [0.29, 0.717) is 0 Å². The molecular weight excluding hydrogens is 208 g/mol. The molecule has 1 heterocycles. The van der Waals surface area contributed by atoms with Crippen molar-refractivity contribution in [1.82, 2.24) is 10.6 Å². The molecular formula is C15H22N2. The molecule has 2 heteroatoms. The van der Waals surface area contributed by atoms with Crippen LogP contribution in [0.4, 0.5) is 0 Å². The van der Waals surface area contributed by atoms with Gasteiger partial charge in [0.1, 0.15) is 0 Å². The van der Waals surface area contributed by atoms with Crippen molar-refractivity contribution in [3.8, 4) is 0 Å². The van der Waals surface area contributed by atoms with E-state index in [1.165, 1.54) is 43.4 Å². The van der Waals surface area contributed by atoms with Crippen LogP contribution in [0, 0.1) is 5.92 Å². The summed E-state index contributed by atoms with van der Waals surface area (Å²) in [6.45, 7) is 4.42. The van der Waals surface area contributed by atoms with Gasteiger partial charge in [-0.25, -0.2) is 0 Å². The molecule has 1 aromatic carbocycles. The van der Waals surface area contributed by atoms with Crippen molar-refractivity contribution in [1.29, 1.82) is 0 Å². The van der Waals surface area contributed by atoms with Gasteiger partial charge in [-0.2, -0.15) is 0 Å². The van der Waals surface area contributed by atoms with Gasteiger partial charge in [0.2, 0.25) is 0 Å². The van der Waals surface area contributed by atoms with E-state index in [-0.39, 0.29) is 0 Å². The second-order valence-electron chi connectivity index (χ2n) is 5.39. The predicted molar refractivity (Wildman–Crippen MR) is 70.9 cm³/mol. The zero-order valence-corrected chi connectivity index (χ0v) is 10.5. The molecule has 1 aromatic rings. The summed E-state index contributed by atoms with van der Waals surface area (Å²) in [5, 5.41) is 7.04. The van der Waals surface area contributed by atoms with Crippen LogP contribution in [-0.2, 0) is 19.5 Å². The zero-order valence-electron chi connectivity index (χ0n) is 10.5. The topological polar surface area (TPSA) is 24.1 Å². The predicted octanol–water partition coefficient (Wildman–Crippen LogP) is 2.22. The lowest BCUT2D eigenvalue weighted by atomic mass is 9.95. The standard InChI is InChI=1S/C15H22N2/c1-2-13(10-16-8-6-12-4-5-12)15-7-9-17-11-14(15)3-1/h1-3,12,16-17H,4-11H2. The molecule has 0 spiro atoms. The Morgan fingerprint density at radius 2 is 2.24 bits per heavy atom. The number of rotatable bonds is 5. The largest absolute Gasteiger partial charge is 0.313 e. The number of fused-ring (bicyclic) bond motifs is 1. The van der Waals surface area contributed by atoms with Crippen molar-refractivity contribution in [3.63, 3.8) is 0 Å². The van der Waals surface area contributed by atoms with Crippen molar-refractivity contribution >= 4 is 0 Å². The van der Waals surface area contributed by atoms with Gasteiger partial charge >= 0.3 is 0 Å². The Balaban J connectivity index is 1.57. The molecule has 92 valence electrons. The third kappa shape index (κ3) is 2.88. The molecule has 0 radical (unpaired) electrons. The van der Waals surface area contributed by atoms with E-state index in [1.54, 1.807) is 5.56 Å². The van der Waals surface area contributed by atoms with Gasteiger partial charge < -0.3 is 10.6 Å². The number of benzene rings is 1. The van der Waals surface area contributed by atoms with E-state index in [4.69, 9.17) is 0 Å². The van der Waals surface area contributed by atoms with Crippen molar-refractivity contribution in [2.75, 3.05) is 13.1 Å². The maximum absolute atomic E-state index is 3.60. The van der Waals surface area contributed by atoms with Crippen LogP contribution in [0.1, 0.15) is 36.0 Å². The maximum Gasteiger partial charge on any atom is 0.0208 e. The summed E-state index contributed by atoms with van der Waals surface area (Å²) in [6.07, 6.45) is 5.49. The summed E-state index contributed by atoms with van der Waals surface area (Å²) in [7, 11) is 0. The fourth-order valence-corrected chi connectivity index (χ4v) is 2.71. The van der Waals surface area contributed by atoms with E-state index in [0.717, 1.165) is 25.6 Å². The van der Waals surface area contributed by atoms with Crippen molar-refractivity contribution < 1.29 is 0 Å². The van der Waals surface area contributed by atoms with Crippen LogP contribution < -0.4 is 10.6 Å². The average molecular weight is 230 g/mol. The lowest BCUT2D eigenvalue weighted by Gasteiger charge is -2.20. The molecule has 1 fully saturated rings. The highest BCUT2D eigenvalue weighted by Gasteiger charge is 2.20. The first kappa shape index (κ1) is 11.2. The van der Waals surface area contributed by atoms with E-state index < -0.39 is 0 Å². The van der Waals surface area contributed by atoms with Crippen LogP contribution in [0.15, 0.2) is 18.2 Å². The second kappa shape index (κ2) is 5.19. The first-order valence-electron chi connectivity index (χ1n) is 6.94. The third-order valence-corrected chi connectivity index (χ3v) is 3.98. The minimum Gasteiger partial charge on any atom is -0.313 e. The molecule has 0 aromatic heterocycles. The van der Waals surface area contributed by atoms with Crippen LogP contribution in [-0.4, -0.2) is 13.1 Å². The minimum atomic E-state index is 1.04. The first-order chi connectivity index (χ1) is 8.43. The first-order valence-corrected chi connectivity index (χ1v) is 6.94. The van der Waals surface area contributed by atoms with Crippen LogP contribution in [0.2, 0.25) is 0 Å². The van der Waals surface area contributed by atoms with Gasteiger partial charge in [0.05, 0.1) is 0 Å². The van der Waals surface area contributed by atoms with Crippen molar-refractivity contribution in [3.05, 3.63) is 34.9 Å². The summed E-state index contributed by atoms with van der Waals surface area (Å²) < 4.78 is 0. The molecule has 0 atom stereocenters. The van der Waals surface area contributed by atoms with Gasteiger partial charge in [-0.1, -0.05) is 31.0 Å². The van der Waals surface area contributed by atoms with Crippen LogP contribution >= 0.6 is 0 Å². The van der Waals surface area contributed by atoms with Gasteiger partial charge in [-0.3, -0.25) is 0 Å². The molecule has 2 nitrogen and oxygen atoms in total. The Labute approximate surface area is 104 Å². The highest BCUT2D eigenvalue weighted by Crippen LogP contribution is 2.31. The smallest absolute Gasteiger partial charge is 0.0208 e. The third-order valence-electron chi connectivity index (χ3n) is 3.98. The fourth-order valence-electron chi connectivity index (χ4n) is 2.71. The zero-order chi connectivity index (χ0) is 11.5. The second-order valence-corrected chi connectivity index (χ2v) is 5.39. The molecule has 1 aliphatic heterocycles. The quantitative estimate of drug-likeness (QED) is 0.758. The molecule has 1 aliphatic carbocycles. The Hall–Kier alpha value is -0.860. The highest BCUT2D eigenvalue weighted by atomic mass is 14.9. The lowest BCUT2D eigenvalue weighted by molar-refractivity contribution is 0.599. The van der Waals surface area contributed by atoms with E-state index >= 15 is 0 Å². The summed E-state index contributed by atoms with van der Waals surface area (Å²) in [6, 6.07) is 6.74. The summed E-state index contributed by atoms with van der Waals surface area (Å²) >= 11 is 0. The van der Waals surface area contributed by atoms with Gasteiger partial charge in [-0.15, -0.1) is 0 Å². The van der Waals surface area contributed by atoms with Crippen LogP contribution in [0.25, 0.3) is 0 Å². The Bertz CT molecular complexity index is 383. The minimum absolute atomic E-state index is 1.04. The molecule has 2 N–H and O–H groups in total. The lowest BCUT2D eigenvalue weighted by Crippen LogP contribution is -2.26. The van der Waals surface area contributed by atoms with Crippen molar-refractivity contribution in [2.45, 2.75) is 38.8 Å². The Kier molecular flexibility index (Phi) is 3.44. The van der Waals surface area contributed by atoms with E-state index in [1.807, 2.05) is 0 Å². The molecule has 0 saturated heterocycles. The van der Waals surface area contributed by atoms with Gasteiger partial charge in [0.15, 0.2) is 0 Å². The summed E-state index contributed by atoms with van der Waals surface area (Å²) in [5.74, 6) is 1.04. The van der Waals surface area contributed by atoms with Gasteiger partial charge in [0, 0.05) is 13.1 Å². The van der Waals surface area contributed by atoms with Crippen LogP contribution in [0.5, 0.6) is 0 Å². The number of hydrogen-bond donors (Lipinski definition) is 2. The maximum atomic E-state index is 3.60. The highest BCUT2D eigenvalue weighted by molar-refractivity contribution is 5.36. The van der Waals surface area contributed by atoms with E-state index in [2.05, 4.69) is 28.8 Å². The van der Waals surface area contributed by atoms with Gasteiger partial charge in [0.25, 0.3) is 0 Å². The normalized spacial score (nSPS) is 19.1.